The van der Waals surface area contributed by atoms with Crippen LogP contribution in [-0.4, -0.2) is 43.3 Å². The van der Waals surface area contributed by atoms with Crippen LogP contribution in [0.2, 0.25) is 0 Å². The molecule has 6 rings (SSSR count). The molecule has 2 fully saturated rings. The molecule has 0 aromatic heterocycles. The number of benzene rings is 2. The minimum atomic E-state index is -5.89. The van der Waals surface area contributed by atoms with Crippen LogP contribution in [0.25, 0.3) is 11.1 Å². The van der Waals surface area contributed by atoms with Crippen LogP contribution >= 0.6 is 0 Å². The first-order valence-electron chi connectivity index (χ1n) is 14.5. The normalized spacial score (nSPS) is 31.3. The number of rotatable bonds is 4. The van der Waals surface area contributed by atoms with Crippen LogP contribution in [0.4, 0.5) is 22.0 Å². The molecule has 0 amide bonds. The smallest absolute Gasteiger partial charge is 0.383 e. The third-order valence-electron chi connectivity index (χ3n) is 10.7. The van der Waals surface area contributed by atoms with Gasteiger partial charge in [0.25, 0.3) is 0 Å². The molecule has 4 aliphatic carbocycles. The minimum Gasteiger partial charge on any atom is -0.383 e. The first kappa shape index (κ1) is 30.2. The Labute approximate surface area is 247 Å². The van der Waals surface area contributed by atoms with Crippen molar-refractivity contribution in [3.8, 4) is 11.1 Å². The average Bonchev–Trinajstić information content (AvgIpc) is 3.23. The third kappa shape index (κ3) is 4.54. The summed E-state index contributed by atoms with van der Waals surface area (Å²) >= 11 is 0. The summed E-state index contributed by atoms with van der Waals surface area (Å²) in [5.74, 6) is -6.62. The van der Waals surface area contributed by atoms with Gasteiger partial charge in [-0.2, -0.15) is 22.0 Å². The maximum atomic E-state index is 15.2. The zero-order chi connectivity index (χ0) is 31.2. The van der Waals surface area contributed by atoms with E-state index in [1.165, 1.54) is 19.1 Å². The lowest BCUT2D eigenvalue weighted by atomic mass is 9.50. The molecule has 2 unspecified atom stereocenters. The molecule has 2 saturated carbocycles. The van der Waals surface area contributed by atoms with Crippen LogP contribution in [0.3, 0.4) is 0 Å². The van der Waals surface area contributed by atoms with Gasteiger partial charge in [-0.3, -0.25) is 4.79 Å². The van der Waals surface area contributed by atoms with Crippen molar-refractivity contribution in [1.82, 2.24) is 0 Å². The summed E-state index contributed by atoms with van der Waals surface area (Å²) in [6.45, 7) is 1.41. The van der Waals surface area contributed by atoms with Gasteiger partial charge in [0.2, 0.25) is 0 Å². The molecule has 5 atom stereocenters. The van der Waals surface area contributed by atoms with E-state index in [9.17, 15) is 31.5 Å². The Morgan fingerprint density at radius 3 is 2.07 bits per heavy atom. The summed E-state index contributed by atoms with van der Waals surface area (Å²) in [4.78, 5) is 12.4. The molecule has 10 heteroatoms. The highest BCUT2D eigenvalue weighted by Crippen LogP contribution is 2.70. The molecule has 2 aromatic carbocycles. The van der Waals surface area contributed by atoms with Crippen LogP contribution in [-0.2, 0) is 14.6 Å². The van der Waals surface area contributed by atoms with Crippen LogP contribution in [0.1, 0.15) is 63.4 Å². The first-order valence-corrected chi connectivity index (χ1v) is 16.4. The van der Waals surface area contributed by atoms with E-state index in [1.807, 2.05) is 24.3 Å². The average molecular weight is 621 g/mol. The van der Waals surface area contributed by atoms with Crippen molar-refractivity contribution in [3.63, 3.8) is 0 Å². The zero-order valence-corrected chi connectivity index (χ0v) is 24.7. The van der Waals surface area contributed by atoms with Crippen molar-refractivity contribution in [3.05, 3.63) is 76.9 Å². The molecule has 1 N–H and O–H groups in total. The van der Waals surface area contributed by atoms with Gasteiger partial charge in [0.1, 0.15) is 5.60 Å². The monoisotopic (exact) mass is 620 g/mol. The second-order valence-corrected chi connectivity index (χ2v) is 14.9. The number of sulfone groups is 1. The van der Waals surface area contributed by atoms with Gasteiger partial charge in [0.05, 0.1) is 4.90 Å². The molecule has 0 spiro atoms. The summed E-state index contributed by atoms with van der Waals surface area (Å²) in [5, 5.41) is 11.4. The lowest BCUT2D eigenvalue weighted by Crippen LogP contribution is -2.65. The molecule has 230 valence electrons. The van der Waals surface area contributed by atoms with Gasteiger partial charge in [-0.05, 0) is 96.4 Å². The Balaban J connectivity index is 1.45. The highest BCUT2D eigenvalue weighted by atomic mass is 32.2. The van der Waals surface area contributed by atoms with E-state index in [1.54, 1.807) is 18.2 Å². The molecule has 2 aromatic rings. The number of carbonyl (C=O) groups is 1. The van der Waals surface area contributed by atoms with E-state index >= 15 is 8.78 Å². The standard InChI is InChI=1S/C33H33F5O4S/c1-30-18-27(21-5-3-19(4-6-21)20-7-11-24(12-8-20)43(2,41)42)29-25-14-10-23(39)17-22(25)9-13-26(29)28(30)15-16-31(30,40)32(34,35)33(36,37)38/h3-8,11-12,17,26-28,40H,9-10,13-16,18H2,1-2H3/t26-,27?,28-,30-,31?/m0/s1. The lowest BCUT2D eigenvalue weighted by molar-refractivity contribution is -0.362. The Hall–Kier alpha value is -2.85. The number of alkyl halides is 5. The predicted molar refractivity (Wildman–Crippen MR) is 151 cm³/mol. The lowest BCUT2D eigenvalue weighted by Gasteiger charge is -2.56. The van der Waals surface area contributed by atoms with Crippen molar-refractivity contribution in [1.29, 1.82) is 0 Å². The van der Waals surface area contributed by atoms with E-state index in [2.05, 4.69) is 0 Å². The number of fused-ring (bicyclic) bond motifs is 4. The fourth-order valence-corrected chi connectivity index (χ4v) is 9.15. The first-order chi connectivity index (χ1) is 20.0. The Kier molecular flexibility index (Phi) is 6.90. The number of halogens is 5. The van der Waals surface area contributed by atoms with Crippen molar-refractivity contribution in [2.45, 2.75) is 80.4 Å². The van der Waals surface area contributed by atoms with Crippen LogP contribution < -0.4 is 0 Å². The van der Waals surface area contributed by atoms with Crippen molar-refractivity contribution in [2.24, 2.45) is 17.3 Å². The van der Waals surface area contributed by atoms with Crippen LogP contribution in [0.5, 0.6) is 0 Å². The van der Waals surface area contributed by atoms with Gasteiger partial charge in [0.15, 0.2) is 15.6 Å². The van der Waals surface area contributed by atoms with Crippen molar-refractivity contribution >= 4 is 15.6 Å². The highest BCUT2D eigenvalue weighted by Gasteiger charge is 2.79. The molecular formula is C33H33F5O4S. The third-order valence-corrected chi connectivity index (χ3v) is 11.8. The van der Waals surface area contributed by atoms with Gasteiger partial charge in [-0.1, -0.05) is 48.9 Å². The fraction of sp³-hybridized carbons (Fsp3) is 0.485. The minimum absolute atomic E-state index is 0.0290. The van der Waals surface area contributed by atoms with Gasteiger partial charge in [-0.15, -0.1) is 0 Å². The largest absolute Gasteiger partial charge is 0.456 e. The highest BCUT2D eigenvalue weighted by molar-refractivity contribution is 7.90. The Bertz CT molecular complexity index is 1640. The predicted octanol–water partition coefficient (Wildman–Crippen LogP) is 7.59. The Morgan fingerprint density at radius 2 is 1.49 bits per heavy atom. The van der Waals surface area contributed by atoms with E-state index in [0.717, 1.165) is 39.7 Å². The SMILES string of the molecule is C[C@]12CC(c3ccc(-c4ccc(S(C)(=O)=O)cc4)cc3)C3=C4CCC(=O)C=C4CC[C@H]3[C@@H]1CCC2(O)C(F)(F)C(F)(F)F. The molecule has 43 heavy (non-hydrogen) atoms. The quantitative estimate of drug-likeness (QED) is 0.358. The van der Waals surface area contributed by atoms with Gasteiger partial charge in [0, 0.05) is 24.0 Å². The van der Waals surface area contributed by atoms with Crippen LogP contribution in [0, 0.1) is 17.3 Å². The Morgan fingerprint density at radius 1 is 0.884 bits per heavy atom. The summed E-state index contributed by atoms with van der Waals surface area (Å²) < 4.78 is 95.4. The van der Waals surface area contributed by atoms with Gasteiger partial charge >= 0.3 is 12.1 Å². The van der Waals surface area contributed by atoms with E-state index in [-0.39, 0.29) is 29.4 Å². The molecule has 0 radical (unpaired) electrons. The van der Waals surface area contributed by atoms with Gasteiger partial charge in [-0.25, -0.2) is 8.42 Å². The number of hydrogen-bond acceptors (Lipinski definition) is 4. The summed E-state index contributed by atoms with van der Waals surface area (Å²) in [5.41, 5.74) is 0.274. The van der Waals surface area contributed by atoms with E-state index < -0.39 is 51.2 Å². The van der Waals surface area contributed by atoms with Gasteiger partial charge < -0.3 is 5.11 Å². The maximum absolute atomic E-state index is 15.2. The molecular weight excluding hydrogens is 587 g/mol. The zero-order valence-electron chi connectivity index (χ0n) is 23.8. The van der Waals surface area contributed by atoms with Crippen LogP contribution in [0.15, 0.2) is 76.2 Å². The molecule has 0 bridgehead atoms. The van der Waals surface area contributed by atoms with Crippen molar-refractivity contribution < 1.29 is 40.3 Å². The second kappa shape index (κ2) is 9.83. The van der Waals surface area contributed by atoms with Crippen molar-refractivity contribution in [2.75, 3.05) is 6.26 Å². The summed E-state index contributed by atoms with van der Waals surface area (Å²) in [7, 11) is -3.37. The molecule has 0 heterocycles. The number of aliphatic hydroxyl groups is 1. The number of hydrogen-bond donors (Lipinski definition) is 1. The summed E-state index contributed by atoms with van der Waals surface area (Å²) in [6, 6.07) is 13.7. The molecule has 4 nitrogen and oxygen atoms in total. The number of ketones is 1. The second-order valence-electron chi connectivity index (χ2n) is 12.9. The number of carbonyl (C=O) groups excluding carboxylic acids is 1. The number of allylic oxidation sites excluding steroid dienone is 4. The topological polar surface area (TPSA) is 71.4 Å². The molecule has 0 aliphatic heterocycles. The maximum Gasteiger partial charge on any atom is 0.456 e. The van der Waals surface area contributed by atoms with E-state index in [0.29, 0.717) is 25.7 Å². The molecule has 0 saturated heterocycles. The fourth-order valence-electron chi connectivity index (χ4n) is 8.52. The van der Waals surface area contributed by atoms with E-state index in [4.69, 9.17) is 0 Å². The molecule has 4 aliphatic rings. The summed E-state index contributed by atoms with van der Waals surface area (Å²) in [6.07, 6.45) is -1.89.